The van der Waals surface area contributed by atoms with Gasteiger partial charge in [-0.2, -0.15) is 0 Å². The van der Waals surface area contributed by atoms with Gasteiger partial charge in [-0.05, 0) is 18.8 Å². The molecule has 1 fully saturated rings. The topological polar surface area (TPSA) is 64.4 Å². The first-order chi connectivity index (χ1) is 6.61. The van der Waals surface area contributed by atoms with E-state index in [9.17, 15) is 4.79 Å². The Kier molecular flexibility index (Phi) is 4.35. The van der Waals surface area contributed by atoms with Crippen LogP contribution in [0.1, 0.15) is 26.7 Å². The summed E-state index contributed by atoms with van der Waals surface area (Å²) in [5.41, 5.74) is 5.69. The maximum Gasteiger partial charge on any atom is 0.237 e. The van der Waals surface area contributed by atoms with Crippen LogP contribution in [-0.4, -0.2) is 31.2 Å². The molecule has 0 aliphatic carbocycles. The van der Waals surface area contributed by atoms with Gasteiger partial charge >= 0.3 is 0 Å². The van der Waals surface area contributed by atoms with Gasteiger partial charge in [0.05, 0.1) is 12.1 Å². The summed E-state index contributed by atoms with van der Waals surface area (Å²) in [5, 5.41) is 2.82. The van der Waals surface area contributed by atoms with Crippen LogP contribution >= 0.6 is 0 Å². The van der Waals surface area contributed by atoms with Crippen molar-refractivity contribution < 1.29 is 9.53 Å². The van der Waals surface area contributed by atoms with Gasteiger partial charge in [-0.25, -0.2) is 0 Å². The smallest absolute Gasteiger partial charge is 0.237 e. The molecule has 0 unspecified atom stereocenters. The summed E-state index contributed by atoms with van der Waals surface area (Å²) >= 11 is 0. The molecule has 1 saturated heterocycles. The lowest BCUT2D eigenvalue weighted by molar-refractivity contribution is -0.123. The fourth-order valence-corrected chi connectivity index (χ4v) is 1.44. The molecule has 1 amide bonds. The molecule has 2 atom stereocenters. The van der Waals surface area contributed by atoms with Crippen LogP contribution in [0.2, 0.25) is 0 Å². The predicted molar refractivity (Wildman–Crippen MR) is 54.8 cm³/mol. The standard InChI is InChI=1S/C10H20N2O2/c1-7(2)9(11)10(13)12-6-8-4-3-5-14-8/h7-9H,3-6,11H2,1-2H3,(H,12,13)/t8-,9+/m1/s1. The van der Waals surface area contributed by atoms with E-state index in [0.29, 0.717) is 6.54 Å². The number of carbonyl (C=O) groups is 1. The quantitative estimate of drug-likeness (QED) is 0.684. The summed E-state index contributed by atoms with van der Waals surface area (Å²) in [6.07, 6.45) is 2.33. The zero-order chi connectivity index (χ0) is 10.6. The van der Waals surface area contributed by atoms with Gasteiger partial charge in [-0.1, -0.05) is 13.8 Å². The third-order valence-electron chi connectivity index (χ3n) is 2.55. The second-order valence-corrected chi connectivity index (χ2v) is 4.15. The molecule has 0 saturated carbocycles. The molecule has 14 heavy (non-hydrogen) atoms. The van der Waals surface area contributed by atoms with E-state index in [2.05, 4.69) is 5.32 Å². The summed E-state index contributed by atoms with van der Waals surface area (Å²) in [4.78, 5) is 11.4. The van der Waals surface area contributed by atoms with E-state index in [1.165, 1.54) is 0 Å². The van der Waals surface area contributed by atoms with Crippen molar-refractivity contribution in [1.29, 1.82) is 0 Å². The molecular weight excluding hydrogens is 180 g/mol. The number of amides is 1. The largest absolute Gasteiger partial charge is 0.376 e. The van der Waals surface area contributed by atoms with E-state index in [0.717, 1.165) is 19.4 Å². The molecule has 0 aromatic rings. The number of rotatable bonds is 4. The summed E-state index contributed by atoms with van der Waals surface area (Å²) in [6, 6.07) is -0.406. The molecule has 1 aliphatic heterocycles. The fraction of sp³-hybridized carbons (Fsp3) is 0.900. The zero-order valence-electron chi connectivity index (χ0n) is 8.95. The molecule has 82 valence electrons. The Labute approximate surface area is 85.2 Å². The second kappa shape index (κ2) is 5.32. The molecule has 1 aliphatic rings. The SMILES string of the molecule is CC(C)[C@H](N)C(=O)NC[C@H]1CCCO1. The molecule has 0 bridgehead atoms. The van der Waals surface area contributed by atoms with E-state index >= 15 is 0 Å². The van der Waals surface area contributed by atoms with Crippen molar-refractivity contribution in [2.75, 3.05) is 13.2 Å². The number of carbonyl (C=O) groups excluding carboxylic acids is 1. The van der Waals surface area contributed by atoms with Crippen LogP contribution in [0.5, 0.6) is 0 Å². The van der Waals surface area contributed by atoms with Crippen molar-refractivity contribution in [3.05, 3.63) is 0 Å². The van der Waals surface area contributed by atoms with Crippen LogP contribution in [-0.2, 0) is 9.53 Å². The molecular formula is C10H20N2O2. The summed E-state index contributed by atoms with van der Waals surface area (Å²) < 4.78 is 5.39. The van der Waals surface area contributed by atoms with Crippen molar-refractivity contribution in [2.45, 2.75) is 38.8 Å². The van der Waals surface area contributed by atoms with Crippen molar-refractivity contribution in [1.82, 2.24) is 5.32 Å². The lowest BCUT2D eigenvalue weighted by Gasteiger charge is -2.17. The first-order valence-electron chi connectivity index (χ1n) is 5.26. The molecule has 0 aromatic heterocycles. The second-order valence-electron chi connectivity index (χ2n) is 4.15. The van der Waals surface area contributed by atoms with E-state index in [1.807, 2.05) is 13.8 Å². The Hall–Kier alpha value is -0.610. The average Bonchev–Trinajstić information content (AvgIpc) is 2.65. The molecule has 1 rings (SSSR count). The van der Waals surface area contributed by atoms with E-state index < -0.39 is 6.04 Å². The minimum Gasteiger partial charge on any atom is -0.376 e. The number of hydrogen-bond acceptors (Lipinski definition) is 3. The number of hydrogen-bond donors (Lipinski definition) is 2. The van der Waals surface area contributed by atoms with Crippen molar-refractivity contribution in [2.24, 2.45) is 11.7 Å². The maximum atomic E-state index is 11.4. The minimum atomic E-state index is -0.406. The third-order valence-corrected chi connectivity index (χ3v) is 2.55. The highest BCUT2D eigenvalue weighted by Crippen LogP contribution is 2.10. The zero-order valence-corrected chi connectivity index (χ0v) is 8.95. The predicted octanol–water partition coefficient (Wildman–Crippen LogP) is 0.265. The number of nitrogens with two attached hydrogens (primary N) is 1. The van der Waals surface area contributed by atoms with Gasteiger partial charge in [0.1, 0.15) is 0 Å². The molecule has 0 spiro atoms. The Morgan fingerprint density at radius 2 is 2.36 bits per heavy atom. The minimum absolute atomic E-state index is 0.0736. The molecule has 0 radical (unpaired) electrons. The lowest BCUT2D eigenvalue weighted by atomic mass is 10.1. The first kappa shape index (κ1) is 11.5. The summed E-state index contributed by atoms with van der Waals surface area (Å²) in [7, 11) is 0. The Balaban J connectivity index is 2.19. The van der Waals surface area contributed by atoms with Gasteiger partial charge in [0, 0.05) is 13.2 Å². The maximum absolute atomic E-state index is 11.4. The van der Waals surface area contributed by atoms with E-state index in [-0.39, 0.29) is 17.9 Å². The van der Waals surface area contributed by atoms with Crippen molar-refractivity contribution in [3.63, 3.8) is 0 Å². The Bertz CT molecular complexity index is 189. The van der Waals surface area contributed by atoms with Gasteiger partial charge in [-0.15, -0.1) is 0 Å². The highest BCUT2D eigenvalue weighted by atomic mass is 16.5. The normalized spacial score (nSPS) is 23.9. The highest BCUT2D eigenvalue weighted by molar-refractivity contribution is 5.81. The van der Waals surface area contributed by atoms with Crippen LogP contribution < -0.4 is 11.1 Å². The van der Waals surface area contributed by atoms with Gasteiger partial charge in [0.2, 0.25) is 5.91 Å². The van der Waals surface area contributed by atoms with Crippen LogP contribution in [0.15, 0.2) is 0 Å². The summed E-state index contributed by atoms with van der Waals surface area (Å²) in [6.45, 7) is 5.29. The molecule has 4 nitrogen and oxygen atoms in total. The van der Waals surface area contributed by atoms with Crippen molar-refractivity contribution >= 4 is 5.91 Å². The van der Waals surface area contributed by atoms with Crippen LogP contribution in [0, 0.1) is 5.92 Å². The average molecular weight is 200 g/mol. The van der Waals surface area contributed by atoms with Gasteiger partial charge in [0.15, 0.2) is 0 Å². The molecule has 0 aromatic carbocycles. The van der Waals surface area contributed by atoms with Gasteiger partial charge in [0.25, 0.3) is 0 Å². The first-order valence-corrected chi connectivity index (χ1v) is 5.26. The van der Waals surface area contributed by atoms with Gasteiger partial charge in [-0.3, -0.25) is 4.79 Å². The Morgan fingerprint density at radius 3 is 2.86 bits per heavy atom. The van der Waals surface area contributed by atoms with Crippen LogP contribution in [0.4, 0.5) is 0 Å². The number of ether oxygens (including phenoxy) is 1. The van der Waals surface area contributed by atoms with E-state index in [1.54, 1.807) is 0 Å². The number of nitrogens with one attached hydrogen (secondary N) is 1. The highest BCUT2D eigenvalue weighted by Gasteiger charge is 2.20. The Morgan fingerprint density at radius 1 is 1.64 bits per heavy atom. The molecule has 1 heterocycles. The monoisotopic (exact) mass is 200 g/mol. The lowest BCUT2D eigenvalue weighted by Crippen LogP contribution is -2.46. The summed E-state index contributed by atoms with van der Waals surface area (Å²) in [5.74, 6) is 0.106. The van der Waals surface area contributed by atoms with Crippen LogP contribution in [0.3, 0.4) is 0 Å². The fourth-order valence-electron chi connectivity index (χ4n) is 1.44. The van der Waals surface area contributed by atoms with Crippen LogP contribution in [0.25, 0.3) is 0 Å². The van der Waals surface area contributed by atoms with Gasteiger partial charge < -0.3 is 15.8 Å². The molecule has 4 heteroatoms. The third kappa shape index (κ3) is 3.27. The molecule has 3 N–H and O–H groups in total. The van der Waals surface area contributed by atoms with Crippen molar-refractivity contribution in [3.8, 4) is 0 Å². The van der Waals surface area contributed by atoms with E-state index in [4.69, 9.17) is 10.5 Å².